The summed E-state index contributed by atoms with van der Waals surface area (Å²) in [6.45, 7) is 8.77. The number of fused-ring (bicyclic) bond motifs is 1. The number of aromatic nitrogens is 3. The van der Waals surface area contributed by atoms with Crippen molar-refractivity contribution >= 4 is 11.8 Å². The summed E-state index contributed by atoms with van der Waals surface area (Å²) in [6.07, 6.45) is 4.96. The quantitative estimate of drug-likeness (QED) is 0.464. The van der Waals surface area contributed by atoms with Gasteiger partial charge in [-0.15, -0.1) is 5.10 Å². The SMILES string of the molecule is C=C(C(=O)OCc1cn(Cc2cccc(OC)c2)nn1)[C@@H]1CC[C@H](C)[C@@H]2CC(=O)C(C)=C2C1. The van der Waals surface area contributed by atoms with Gasteiger partial charge in [-0.3, -0.25) is 4.79 Å². The molecule has 4 rings (SSSR count). The highest BCUT2D eigenvalue weighted by atomic mass is 16.5. The van der Waals surface area contributed by atoms with E-state index in [9.17, 15) is 9.59 Å². The third kappa shape index (κ3) is 5.07. The van der Waals surface area contributed by atoms with Crippen molar-refractivity contribution in [3.63, 3.8) is 0 Å². The maximum Gasteiger partial charge on any atom is 0.334 e. The number of ether oxygens (including phenoxy) is 2. The van der Waals surface area contributed by atoms with Crippen LogP contribution in [0.3, 0.4) is 0 Å². The van der Waals surface area contributed by atoms with E-state index < -0.39 is 5.97 Å². The fourth-order valence-corrected chi connectivity index (χ4v) is 4.95. The number of carbonyl (C=O) groups is 2. The maximum absolute atomic E-state index is 12.7. The van der Waals surface area contributed by atoms with E-state index in [-0.39, 0.29) is 18.3 Å². The van der Waals surface area contributed by atoms with Gasteiger partial charge in [-0.25, -0.2) is 9.48 Å². The van der Waals surface area contributed by atoms with Crippen molar-refractivity contribution in [2.24, 2.45) is 17.8 Å². The molecule has 1 aromatic carbocycles. The summed E-state index contributed by atoms with van der Waals surface area (Å²) in [5, 5.41) is 8.24. The van der Waals surface area contributed by atoms with Crippen LogP contribution < -0.4 is 4.74 Å². The number of benzene rings is 1. The molecule has 33 heavy (non-hydrogen) atoms. The lowest BCUT2D eigenvalue weighted by Crippen LogP contribution is -2.16. The minimum Gasteiger partial charge on any atom is -0.497 e. The first kappa shape index (κ1) is 23.0. The Kier molecular flexibility index (Phi) is 6.77. The Balaban J connectivity index is 1.34. The summed E-state index contributed by atoms with van der Waals surface area (Å²) in [6, 6.07) is 7.74. The Hall–Kier alpha value is -3.22. The average molecular weight is 450 g/mol. The molecular weight excluding hydrogens is 418 g/mol. The van der Waals surface area contributed by atoms with Crippen molar-refractivity contribution in [1.29, 1.82) is 0 Å². The lowest BCUT2D eigenvalue weighted by Gasteiger charge is -2.18. The highest BCUT2D eigenvalue weighted by Crippen LogP contribution is 2.45. The molecule has 1 fully saturated rings. The number of rotatable bonds is 7. The van der Waals surface area contributed by atoms with E-state index in [0.717, 1.165) is 36.1 Å². The number of methoxy groups -OCH3 is 1. The smallest absolute Gasteiger partial charge is 0.334 e. The molecule has 3 atom stereocenters. The van der Waals surface area contributed by atoms with Gasteiger partial charge < -0.3 is 9.47 Å². The molecular formula is C26H31N3O4. The van der Waals surface area contributed by atoms with Crippen LogP contribution in [0.1, 0.15) is 50.8 Å². The molecule has 2 aliphatic carbocycles. The van der Waals surface area contributed by atoms with Gasteiger partial charge in [-0.05, 0) is 67.2 Å². The zero-order chi connectivity index (χ0) is 23.5. The monoisotopic (exact) mass is 449 g/mol. The summed E-state index contributed by atoms with van der Waals surface area (Å²) in [4.78, 5) is 25.0. The minimum absolute atomic E-state index is 0.00421. The third-order valence-corrected chi connectivity index (χ3v) is 7.05. The maximum atomic E-state index is 12.7. The highest BCUT2D eigenvalue weighted by Gasteiger charge is 2.38. The van der Waals surface area contributed by atoms with Crippen LogP contribution in [0.25, 0.3) is 0 Å². The van der Waals surface area contributed by atoms with Gasteiger partial charge in [0, 0.05) is 12.0 Å². The molecule has 2 aliphatic rings. The van der Waals surface area contributed by atoms with E-state index in [0.29, 0.717) is 36.1 Å². The fourth-order valence-electron chi connectivity index (χ4n) is 4.95. The molecule has 0 bridgehead atoms. The standard InChI is InChI=1S/C26H31N3O4/c1-16-8-9-20(11-24-18(3)25(30)12-23(16)24)17(2)26(31)33-15-21-14-29(28-27-21)13-19-6-5-7-22(10-19)32-4/h5-7,10,14,16,20,23H,2,8-9,11-13,15H2,1,3-4H3/t16-,20+,23-/m0/s1. The Morgan fingerprint density at radius 1 is 1.27 bits per heavy atom. The van der Waals surface area contributed by atoms with Crippen molar-refractivity contribution in [1.82, 2.24) is 15.0 Å². The number of allylic oxidation sites excluding steroid dienone is 2. The summed E-state index contributed by atoms with van der Waals surface area (Å²) >= 11 is 0. The first-order valence-corrected chi connectivity index (χ1v) is 11.5. The molecule has 1 saturated carbocycles. The van der Waals surface area contributed by atoms with Crippen LogP contribution in [0.4, 0.5) is 0 Å². The second kappa shape index (κ2) is 9.73. The number of ketones is 1. The van der Waals surface area contributed by atoms with Crippen LogP contribution in [0.15, 0.2) is 53.8 Å². The molecule has 0 saturated heterocycles. The van der Waals surface area contributed by atoms with E-state index >= 15 is 0 Å². The number of hydrogen-bond acceptors (Lipinski definition) is 6. The lowest BCUT2D eigenvalue weighted by molar-refractivity contribution is -0.141. The largest absolute Gasteiger partial charge is 0.497 e. The van der Waals surface area contributed by atoms with E-state index in [1.165, 1.54) is 5.57 Å². The number of Topliss-reactive ketones (excluding diaryl/α,β-unsaturated/α-hetero) is 1. The van der Waals surface area contributed by atoms with E-state index in [1.54, 1.807) is 18.0 Å². The summed E-state index contributed by atoms with van der Waals surface area (Å²) < 4.78 is 12.5. The van der Waals surface area contributed by atoms with Crippen molar-refractivity contribution in [2.75, 3.05) is 7.11 Å². The molecule has 0 amide bonds. The van der Waals surface area contributed by atoms with Crippen LogP contribution in [-0.2, 0) is 27.5 Å². The molecule has 0 N–H and O–H groups in total. The number of nitrogens with zero attached hydrogens (tertiary/aromatic N) is 3. The third-order valence-electron chi connectivity index (χ3n) is 7.05. The number of carbonyl (C=O) groups excluding carboxylic acids is 2. The van der Waals surface area contributed by atoms with Crippen LogP contribution >= 0.6 is 0 Å². The first-order valence-electron chi connectivity index (χ1n) is 11.5. The average Bonchev–Trinajstić information content (AvgIpc) is 3.33. The molecule has 7 heteroatoms. The zero-order valence-corrected chi connectivity index (χ0v) is 19.5. The van der Waals surface area contributed by atoms with Crippen molar-refractivity contribution < 1.29 is 19.1 Å². The summed E-state index contributed by atoms with van der Waals surface area (Å²) in [7, 11) is 1.63. The Morgan fingerprint density at radius 3 is 2.88 bits per heavy atom. The lowest BCUT2D eigenvalue weighted by atomic mass is 9.86. The Labute approximate surface area is 194 Å². The van der Waals surface area contributed by atoms with E-state index in [1.807, 2.05) is 31.2 Å². The molecule has 0 aliphatic heterocycles. The molecule has 1 aromatic heterocycles. The minimum atomic E-state index is -0.406. The molecule has 0 spiro atoms. The summed E-state index contributed by atoms with van der Waals surface area (Å²) in [5.74, 6) is 1.38. The topological polar surface area (TPSA) is 83.3 Å². The van der Waals surface area contributed by atoms with Crippen molar-refractivity contribution in [3.05, 3.63) is 65.0 Å². The van der Waals surface area contributed by atoms with Crippen molar-refractivity contribution in [2.45, 2.75) is 52.7 Å². The van der Waals surface area contributed by atoms with E-state index in [2.05, 4.69) is 23.8 Å². The number of esters is 1. The fraction of sp³-hybridized carbons (Fsp3) is 0.462. The Bertz CT molecular complexity index is 1100. The molecule has 1 heterocycles. The predicted molar refractivity (Wildman–Crippen MR) is 123 cm³/mol. The zero-order valence-electron chi connectivity index (χ0n) is 19.5. The van der Waals surface area contributed by atoms with Crippen molar-refractivity contribution in [3.8, 4) is 5.75 Å². The van der Waals surface area contributed by atoms with Crippen LogP contribution in [-0.4, -0.2) is 33.9 Å². The van der Waals surface area contributed by atoms with Crippen LogP contribution in [0.2, 0.25) is 0 Å². The molecule has 0 radical (unpaired) electrons. The second-order valence-corrected chi connectivity index (χ2v) is 9.20. The summed E-state index contributed by atoms with van der Waals surface area (Å²) in [5.41, 5.74) is 4.18. The van der Waals surface area contributed by atoms with Gasteiger partial charge in [0.2, 0.25) is 0 Å². The second-order valence-electron chi connectivity index (χ2n) is 9.20. The van der Waals surface area contributed by atoms with Gasteiger partial charge in [0.1, 0.15) is 18.1 Å². The van der Waals surface area contributed by atoms with Gasteiger partial charge in [0.25, 0.3) is 0 Å². The molecule has 2 aromatic rings. The molecule has 7 nitrogen and oxygen atoms in total. The Morgan fingerprint density at radius 2 is 2.09 bits per heavy atom. The number of hydrogen-bond donors (Lipinski definition) is 0. The van der Waals surface area contributed by atoms with E-state index in [4.69, 9.17) is 9.47 Å². The van der Waals surface area contributed by atoms with Gasteiger partial charge in [-0.1, -0.05) is 36.4 Å². The highest BCUT2D eigenvalue weighted by molar-refractivity contribution is 5.98. The van der Waals surface area contributed by atoms with Crippen LogP contribution in [0.5, 0.6) is 5.75 Å². The van der Waals surface area contributed by atoms with Gasteiger partial charge in [0.15, 0.2) is 5.78 Å². The normalized spacial score (nSPS) is 22.6. The predicted octanol–water partition coefficient (Wildman–Crippen LogP) is 4.28. The van der Waals surface area contributed by atoms with Gasteiger partial charge >= 0.3 is 5.97 Å². The van der Waals surface area contributed by atoms with Crippen LogP contribution in [0, 0.1) is 17.8 Å². The first-order chi connectivity index (χ1) is 15.9. The van der Waals surface area contributed by atoms with Gasteiger partial charge in [0.05, 0.1) is 19.9 Å². The molecule has 0 unspecified atom stereocenters. The van der Waals surface area contributed by atoms with Gasteiger partial charge in [-0.2, -0.15) is 0 Å². The molecule has 174 valence electrons.